The van der Waals surface area contributed by atoms with Crippen LogP contribution in [0.15, 0.2) is 12.1 Å². The maximum atomic E-state index is 10.4. The topological polar surface area (TPSA) is 43.7 Å². The molecule has 0 aromatic carbocycles. The molecule has 0 atom stereocenters. The lowest BCUT2D eigenvalue weighted by Gasteiger charge is -2.28. The zero-order valence-corrected chi connectivity index (χ0v) is 12.2. The molecule has 1 aliphatic carbocycles. The lowest BCUT2D eigenvalue weighted by Crippen LogP contribution is -2.38. The van der Waals surface area contributed by atoms with Gasteiger partial charge in [0.2, 0.25) is 0 Å². The van der Waals surface area contributed by atoms with Crippen molar-refractivity contribution in [1.29, 1.82) is 0 Å². The number of aliphatic hydroxyl groups is 2. The molecule has 1 heterocycles. The summed E-state index contributed by atoms with van der Waals surface area (Å²) in [5, 5.41) is 19.0. The molecule has 0 bridgehead atoms. The van der Waals surface area contributed by atoms with Crippen molar-refractivity contribution in [3.05, 3.63) is 21.9 Å². The molecule has 1 aromatic heterocycles. The van der Waals surface area contributed by atoms with Gasteiger partial charge in [0.1, 0.15) is 6.61 Å². The van der Waals surface area contributed by atoms with Crippen molar-refractivity contribution in [3.8, 4) is 11.8 Å². The van der Waals surface area contributed by atoms with E-state index in [1.54, 1.807) is 11.3 Å². The summed E-state index contributed by atoms with van der Waals surface area (Å²) in [5.41, 5.74) is -0.481. The van der Waals surface area contributed by atoms with Gasteiger partial charge in [-0.3, -0.25) is 4.90 Å². The van der Waals surface area contributed by atoms with Crippen molar-refractivity contribution in [3.63, 3.8) is 0 Å². The molecule has 0 saturated heterocycles. The highest BCUT2D eigenvalue weighted by Gasteiger charge is 2.32. The molecule has 104 valence electrons. The zero-order chi connectivity index (χ0) is 13.7. The fraction of sp³-hybridized carbons (Fsp3) is 0.600. The number of likely N-dealkylation sites (N-methyl/N-ethyl adjacent to an activating group) is 1. The van der Waals surface area contributed by atoms with E-state index in [9.17, 15) is 5.11 Å². The maximum Gasteiger partial charge on any atom is 0.104 e. The molecule has 2 rings (SSSR count). The first-order valence-electron chi connectivity index (χ1n) is 6.71. The fourth-order valence-corrected chi connectivity index (χ4v) is 3.64. The molecule has 2 N–H and O–H groups in total. The maximum absolute atomic E-state index is 10.4. The molecule has 3 nitrogen and oxygen atoms in total. The molecular formula is C15H21NO2S. The van der Waals surface area contributed by atoms with Crippen LogP contribution in [-0.2, 0) is 6.54 Å². The van der Waals surface area contributed by atoms with Gasteiger partial charge in [-0.05, 0) is 32.0 Å². The number of hydrogen-bond donors (Lipinski definition) is 2. The Morgan fingerprint density at radius 1 is 1.37 bits per heavy atom. The lowest BCUT2D eigenvalue weighted by molar-refractivity contribution is 0.0147. The van der Waals surface area contributed by atoms with Crippen LogP contribution in [0.25, 0.3) is 0 Å². The van der Waals surface area contributed by atoms with Crippen molar-refractivity contribution in [2.45, 2.75) is 37.8 Å². The normalized spacial score (nSPS) is 17.5. The van der Waals surface area contributed by atoms with Crippen molar-refractivity contribution in [1.82, 2.24) is 4.90 Å². The van der Waals surface area contributed by atoms with Crippen LogP contribution in [0.3, 0.4) is 0 Å². The molecule has 4 heteroatoms. The average molecular weight is 279 g/mol. The smallest absolute Gasteiger partial charge is 0.104 e. The Bertz CT molecular complexity index is 466. The van der Waals surface area contributed by atoms with Gasteiger partial charge in [-0.1, -0.05) is 24.7 Å². The van der Waals surface area contributed by atoms with Crippen LogP contribution < -0.4 is 0 Å². The van der Waals surface area contributed by atoms with E-state index >= 15 is 0 Å². The van der Waals surface area contributed by atoms with Gasteiger partial charge >= 0.3 is 0 Å². The standard InChI is InChI=1S/C15H21NO2S/c1-16(12-15(18)8-2-3-9-15)11-14-7-6-13(19-14)5-4-10-17/h6-7,17-18H,2-3,8-12H2,1H3. The monoisotopic (exact) mass is 279 g/mol. The van der Waals surface area contributed by atoms with E-state index < -0.39 is 5.60 Å². The Labute approximate surface area is 118 Å². The number of aliphatic hydroxyl groups excluding tert-OH is 1. The first-order chi connectivity index (χ1) is 9.11. The summed E-state index contributed by atoms with van der Waals surface area (Å²) in [6.45, 7) is 1.48. The fourth-order valence-electron chi connectivity index (χ4n) is 2.67. The Kier molecular flexibility index (Phi) is 5.00. The molecule has 1 saturated carbocycles. The SMILES string of the molecule is CN(Cc1ccc(C#CCO)s1)CC1(O)CCCC1. The highest BCUT2D eigenvalue weighted by molar-refractivity contribution is 7.12. The van der Waals surface area contributed by atoms with Crippen LogP contribution in [0.2, 0.25) is 0 Å². The molecule has 0 unspecified atom stereocenters. The van der Waals surface area contributed by atoms with E-state index in [-0.39, 0.29) is 6.61 Å². The van der Waals surface area contributed by atoms with Crippen LogP contribution >= 0.6 is 11.3 Å². The van der Waals surface area contributed by atoms with Crippen LogP contribution in [0, 0.1) is 11.8 Å². The van der Waals surface area contributed by atoms with E-state index in [1.807, 2.05) is 6.07 Å². The third-order valence-corrected chi connectivity index (χ3v) is 4.46. The molecular weight excluding hydrogens is 258 g/mol. The molecule has 1 aromatic rings. The third kappa shape index (κ3) is 4.32. The summed E-state index contributed by atoms with van der Waals surface area (Å²) in [4.78, 5) is 4.41. The summed E-state index contributed by atoms with van der Waals surface area (Å²) in [6.07, 6.45) is 4.14. The Balaban J connectivity index is 1.88. The third-order valence-electron chi connectivity index (χ3n) is 3.48. The molecule has 0 amide bonds. The summed E-state index contributed by atoms with van der Waals surface area (Å²) < 4.78 is 0. The Morgan fingerprint density at radius 3 is 2.79 bits per heavy atom. The molecule has 19 heavy (non-hydrogen) atoms. The number of hydrogen-bond acceptors (Lipinski definition) is 4. The predicted octanol–water partition coefficient (Wildman–Crippen LogP) is 1.83. The first kappa shape index (κ1) is 14.5. The van der Waals surface area contributed by atoms with E-state index in [0.717, 1.165) is 43.6 Å². The van der Waals surface area contributed by atoms with Gasteiger partial charge in [-0.25, -0.2) is 0 Å². The van der Waals surface area contributed by atoms with Gasteiger partial charge in [0.05, 0.1) is 10.5 Å². The van der Waals surface area contributed by atoms with E-state index in [0.29, 0.717) is 0 Å². The molecule has 0 aliphatic heterocycles. The van der Waals surface area contributed by atoms with Crippen molar-refractivity contribution < 1.29 is 10.2 Å². The Morgan fingerprint density at radius 2 is 2.11 bits per heavy atom. The summed E-state index contributed by atoms with van der Waals surface area (Å²) in [6, 6.07) is 4.06. The minimum atomic E-state index is -0.481. The minimum absolute atomic E-state index is 0.0971. The lowest BCUT2D eigenvalue weighted by atomic mass is 10.0. The van der Waals surface area contributed by atoms with Crippen LogP contribution in [0.5, 0.6) is 0 Å². The second kappa shape index (κ2) is 6.53. The summed E-state index contributed by atoms with van der Waals surface area (Å²) in [5.74, 6) is 5.58. The number of nitrogens with zero attached hydrogens (tertiary/aromatic N) is 1. The number of thiophene rings is 1. The zero-order valence-electron chi connectivity index (χ0n) is 11.4. The second-order valence-electron chi connectivity index (χ2n) is 5.33. The highest BCUT2D eigenvalue weighted by Crippen LogP contribution is 2.30. The van der Waals surface area contributed by atoms with Crippen molar-refractivity contribution >= 4 is 11.3 Å². The van der Waals surface area contributed by atoms with E-state index in [1.165, 1.54) is 4.88 Å². The van der Waals surface area contributed by atoms with Gasteiger partial charge in [0, 0.05) is 18.0 Å². The van der Waals surface area contributed by atoms with Gasteiger partial charge < -0.3 is 10.2 Å². The van der Waals surface area contributed by atoms with Crippen LogP contribution in [-0.4, -0.2) is 40.9 Å². The average Bonchev–Trinajstić information content (AvgIpc) is 2.96. The number of rotatable bonds is 4. The first-order valence-corrected chi connectivity index (χ1v) is 7.52. The predicted molar refractivity (Wildman–Crippen MR) is 78.0 cm³/mol. The van der Waals surface area contributed by atoms with Crippen molar-refractivity contribution in [2.75, 3.05) is 20.2 Å². The van der Waals surface area contributed by atoms with E-state index in [4.69, 9.17) is 5.11 Å². The summed E-state index contributed by atoms with van der Waals surface area (Å²) in [7, 11) is 2.05. The van der Waals surface area contributed by atoms with Gasteiger partial charge in [0.15, 0.2) is 0 Å². The largest absolute Gasteiger partial charge is 0.389 e. The molecule has 0 spiro atoms. The quantitative estimate of drug-likeness (QED) is 0.827. The molecule has 1 aliphatic rings. The summed E-state index contributed by atoms with van der Waals surface area (Å²) >= 11 is 1.65. The van der Waals surface area contributed by atoms with Crippen LogP contribution in [0.4, 0.5) is 0 Å². The molecule has 1 fully saturated rings. The minimum Gasteiger partial charge on any atom is -0.389 e. The van der Waals surface area contributed by atoms with Gasteiger partial charge in [0.25, 0.3) is 0 Å². The highest BCUT2D eigenvalue weighted by atomic mass is 32.1. The van der Waals surface area contributed by atoms with Gasteiger partial charge in [-0.2, -0.15) is 0 Å². The van der Waals surface area contributed by atoms with Crippen molar-refractivity contribution in [2.24, 2.45) is 0 Å². The van der Waals surface area contributed by atoms with Gasteiger partial charge in [-0.15, -0.1) is 11.3 Å². The van der Waals surface area contributed by atoms with E-state index in [2.05, 4.69) is 29.9 Å². The molecule has 0 radical (unpaired) electrons. The Hall–Kier alpha value is -0.860. The van der Waals surface area contributed by atoms with Crippen LogP contribution in [0.1, 0.15) is 35.4 Å². The second-order valence-corrected chi connectivity index (χ2v) is 6.50.